The molecule has 1 atom stereocenters. The lowest BCUT2D eigenvalue weighted by Gasteiger charge is -2.15. The number of carbonyl (C=O) groups excluding carboxylic acids is 1. The van der Waals surface area contributed by atoms with Crippen LogP contribution in [0.25, 0.3) is 5.69 Å². The zero-order valence-corrected chi connectivity index (χ0v) is 15.1. The third-order valence-corrected chi connectivity index (χ3v) is 4.37. The summed E-state index contributed by atoms with van der Waals surface area (Å²) >= 11 is 0. The molecule has 0 radical (unpaired) electrons. The standard InChI is InChI=1S/C21H23N3O2/c1-16(18-6-8-19(9-7-18)24-14-13-22-15-24)23-21(25)12-5-17-3-10-20(26-2)11-4-17/h3-4,6-11,13-16H,5,12H2,1-2H3,(H,23,25). The molecule has 0 fully saturated rings. The van der Waals surface area contributed by atoms with Gasteiger partial charge in [0.1, 0.15) is 5.75 Å². The number of carbonyl (C=O) groups is 1. The van der Waals surface area contributed by atoms with Crippen molar-refractivity contribution in [1.82, 2.24) is 14.9 Å². The highest BCUT2D eigenvalue weighted by Crippen LogP contribution is 2.16. The van der Waals surface area contributed by atoms with E-state index in [0.717, 1.165) is 22.6 Å². The number of benzene rings is 2. The minimum Gasteiger partial charge on any atom is -0.497 e. The third-order valence-electron chi connectivity index (χ3n) is 4.37. The predicted octanol–water partition coefficient (Wildman–Crippen LogP) is 3.69. The Labute approximate surface area is 153 Å². The van der Waals surface area contributed by atoms with Gasteiger partial charge in [0.15, 0.2) is 0 Å². The van der Waals surface area contributed by atoms with E-state index in [2.05, 4.69) is 10.3 Å². The van der Waals surface area contributed by atoms with E-state index in [4.69, 9.17) is 4.74 Å². The lowest BCUT2D eigenvalue weighted by molar-refractivity contribution is -0.121. The maximum atomic E-state index is 12.2. The van der Waals surface area contributed by atoms with Crippen LogP contribution in [0.15, 0.2) is 67.3 Å². The number of rotatable bonds is 7. The van der Waals surface area contributed by atoms with Gasteiger partial charge in [-0.25, -0.2) is 4.98 Å². The highest BCUT2D eigenvalue weighted by atomic mass is 16.5. The maximum Gasteiger partial charge on any atom is 0.220 e. The van der Waals surface area contributed by atoms with Crippen LogP contribution < -0.4 is 10.1 Å². The Kier molecular flexibility index (Phi) is 5.69. The molecule has 2 aromatic carbocycles. The lowest BCUT2D eigenvalue weighted by atomic mass is 10.1. The van der Waals surface area contributed by atoms with Crippen LogP contribution in [0.2, 0.25) is 0 Å². The Bertz CT molecular complexity index is 825. The summed E-state index contributed by atoms with van der Waals surface area (Å²) in [6.07, 6.45) is 6.59. The quantitative estimate of drug-likeness (QED) is 0.708. The molecule has 0 bridgehead atoms. The molecule has 1 unspecified atom stereocenters. The number of ether oxygens (including phenoxy) is 1. The van der Waals surface area contributed by atoms with Gasteiger partial charge in [0.25, 0.3) is 0 Å². The molecule has 0 aliphatic heterocycles. The van der Waals surface area contributed by atoms with Crippen molar-refractivity contribution in [2.75, 3.05) is 7.11 Å². The first-order chi connectivity index (χ1) is 12.7. The van der Waals surface area contributed by atoms with Gasteiger partial charge in [0.2, 0.25) is 5.91 Å². The van der Waals surface area contributed by atoms with Crippen molar-refractivity contribution in [1.29, 1.82) is 0 Å². The van der Waals surface area contributed by atoms with Gasteiger partial charge in [-0.3, -0.25) is 4.79 Å². The Balaban J connectivity index is 1.51. The highest BCUT2D eigenvalue weighted by molar-refractivity contribution is 5.76. The number of aromatic nitrogens is 2. The normalized spacial score (nSPS) is 11.8. The first-order valence-electron chi connectivity index (χ1n) is 8.66. The van der Waals surface area contributed by atoms with E-state index in [-0.39, 0.29) is 11.9 Å². The number of nitrogens with one attached hydrogen (secondary N) is 1. The number of hydrogen-bond donors (Lipinski definition) is 1. The summed E-state index contributed by atoms with van der Waals surface area (Å²) < 4.78 is 7.09. The molecule has 5 nitrogen and oxygen atoms in total. The van der Waals surface area contributed by atoms with Gasteiger partial charge < -0.3 is 14.6 Å². The number of amides is 1. The van der Waals surface area contributed by atoms with Gasteiger partial charge in [0.05, 0.1) is 19.5 Å². The summed E-state index contributed by atoms with van der Waals surface area (Å²) in [5.74, 6) is 0.873. The monoisotopic (exact) mass is 349 g/mol. The summed E-state index contributed by atoms with van der Waals surface area (Å²) in [5.41, 5.74) is 3.24. The molecule has 3 rings (SSSR count). The molecule has 1 heterocycles. The fourth-order valence-corrected chi connectivity index (χ4v) is 2.79. The molecule has 3 aromatic rings. The van der Waals surface area contributed by atoms with E-state index in [9.17, 15) is 4.79 Å². The molecule has 1 amide bonds. The fourth-order valence-electron chi connectivity index (χ4n) is 2.79. The number of imidazole rings is 1. The van der Waals surface area contributed by atoms with Crippen molar-refractivity contribution < 1.29 is 9.53 Å². The molecule has 1 aromatic heterocycles. The summed E-state index contributed by atoms with van der Waals surface area (Å²) in [5, 5.41) is 3.06. The van der Waals surface area contributed by atoms with Crippen molar-refractivity contribution in [2.45, 2.75) is 25.8 Å². The lowest BCUT2D eigenvalue weighted by Crippen LogP contribution is -2.26. The fraction of sp³-hybridized carbons (Fsp3) is 0.238. The average molecular weight is 349 g/mol. The van der Waals surface area contributed by atoms with Crippen molar-refractivity contribution in [3.05, 3.63) is 78.4 Å². The summed E-state index contributed by atoms with van der Waals surface area (Å²) in [7, 11) is 1.64. The van der Waals surface area contributed by atoms with Crippen LogP contribution in [0.3, 0.4) is 0 Å². The van der Waals surface area contributed by atoms with Crippen LogP contribution in [-0.4, -0.2) is 22.6 Å². The smallest absolute Gasteiger partial charge is 0.220 e. The number of aryl methyl sites for hydroxylation is 1. The first-order valence-corrected chi connectivity index (χ1v) is 8.66. The maximum absolute atomic E-state index is 12.2. The molecule has 0 spiro atoms. The van der Waals surface area contributed by atoms with Crippen LogP contribution in [0.4, 0.5) is 0 Å². The van der Waals surface area contributed by atoms with E-state index in [1.807, 2.05) is 66.2 Å². The predicted molar refractivity (Wildman–Crippen MR) is 101 cm³/mol. The number of hydrogen-bond acceptors (Lipinski definition) is 3. The van der Waals surface area contributed by atoms with Crippen LogP contribution in [0, 0.1) is 0 Å². The van der Waals surface area contributed by atoms with E-state index in [1.54, 1.807) is 19.6 Å². The number of methoxy groups -OCH3 is 1. The SMILES string of the molecule is COc1ccc(CCC(=O)NC(C)c2ccc(-n3ccnc3)cc2)cc1. The molecule has 5 heteroatoms. The van der Waals surface area contributed by atoms with Crippen LogP contribution in [0.1, 0.15) is 30.5 Å². The van der Waals surface area contributed by atoms with Gasteiger partial charge in [-0.1, -0.05) is 24.3 Å². The summed E-state index contributed by atoms with van der Waals surface area (Å²) in [6, 6.07) is 15.9. The second-order valence-electron chi connectivity index (χ2n) is 6.20. The van der Waals surface area contributed by atoms with E-state index in [1.165, 1.54) is 0 Å². The summed E-state index contributed by atoms with van der Waals surface area (Å²) in [6.45, 7) is 2.00. The molecule has 0 aliphatic rings. The summed E-state index contributed by atoms with van der Waals surface area (Å²) in [4.78, 5) is 16.3. The zero-order valence-electron chi connectivity index (χ0n) is 15.1. The number of nitrogens with zero attached hydrogens (tertiary/aromatic N) is 2. The van der Waals surface area contributed by atoms with Crippen molar-refractivity contribution in [2.24, 2.45) is 0 Å². The van der Waals surface area contributed by atoms with Crippen LogP contribution in [-0.2, 0) is 11.2 Å². The largest absolute Gasteiger partial charge is 0.497 e. The Morgan fingerprint density at radius 3 is 2.50 bits per heavy atom. The molecule has 0 saturated carbocycles. The second-order valence-corrected chi connectivity index (χ2v) is 6.20. The van der Waals surface area contributed by atoms with E-state index < -0.39 is 0 Å². The Morgan fingerprint density at radius 2 is 1.88 bits per heavy atom. The van der Waals surface area contributed by atoms with Crippen LogP contribution >= 0.6 is 0 Å². The van der Waals surface area contributed by atoms with Gasteiger partial charge in [-0.05, 0) is 48.7 Å². The van der Waals surface area contributed by atoms with Crippen molar-refractivity contribution in [3.8, 4) is 11.4 Å². The molecule has 134 valence electrons. The van der Waals surface area contributed by atoms with Gasteiger partial charge in [0, 0.05) is 24.5 Å². The van der Waals surface area contributed by atoms with Crippen molar-refractivity contribution in [3.63, 3.8) is 0 Å². The first kappa shape index (κ1) is 17.7. The minimum absolute atomic E-state index is 0.0322. The molecule has 1 N–H and O–H groups in total. The Morgan fingerprint density at radius 1 is 1.15 bits per heavy atom. The highest BCUT2D eigenvalue weighted by Gasteiger charge is 2.10. The van der Waals surface area contributed by atoms with Crippen molar-refractivity contribution >= 4 is 5.91 Å². The molecule has 0 aliphatic carbocycles. The molecular formula is C21H23N3O2. The Hall–Kier alpha value is -3.08. The van der Waals surface area contributed by atoms with Gasteiger partial charge >= 0.3 is 0 Å². The molecule has 26 heavy (non-hydrogen) atoms. The van der Waals surface area contributed by atoms with E-state index in [0.29, 0.717) is 12.8 Å². The van der Waals surface area contributed by atoms with Gasteiger partial charge in [-0.15, -0.1) is 0 Å². The topological polar surface area (TPSA) is 56.1 Å². The third kappa shape index (κ3) is 4.51. The minimum atomic E-state index is -0.0322. The van der Waals surface area contributed by atoms with Crippen LogP contribution in [0.5, 0.6) is 5.75 Å². The molecule has 0 saturated heterocycles. The zero-order chi connectivity index (χ0) is 18.4. The average Bonchev–Trinajstić information content (AvgIpc) is 3.21. The van der Waals surface area contributed by atoms with Gasteiger partial charge in [-0.2, -0.15) is 0 Å². The molecular weight excluding hydrogens is 326 g/mol. The second kappa shape index (κ2) is 8.34. The van der Waals surface area contributed by atoms with E-state index >= 15 is 0 Å².